The molecule has 0 unspecified atom stereocenters. The third-order valence-corrected chi connectivity index (χ3v) is 4.94. The molecule has 2 aromatic rings. The van der Waals surface area contributed by atoms with Crippen LogP contribution < -0.4 is 4.72 Å². The first-order valence-electron chi connectivity index (χ1n) is 6.50. The molecule has 0 bridgehead atoms. The van der Waals surface area contributed by atoms with Crippen molar-refractivity contribution in [1.82, 2.24) is 9.71 Å². The van der Waals surface area contributed by atoms with Crippen LogP contribution in [0, 0.1) is 0 Å². The summed E-state index contributed by atoms with van der Waals surface area (Å²) in [5.41, 5.74) is 1.08. The van der Waals surface area contributed by atoms with Crippen molar-refractivity contribution in [3.8, 4) is 0 Å². The lowest BCUT2D eigenvalue weighted by atomic mass is 10.1. The minimum Gasteiger partial charge on any atom is -0.244 e. The zero-order valence-electron chi connectivity index (χ0n) is 12.1. The molecule has 108 valence electrons. The van der Waals surface area contributed by atoms with Crippen LogP contribution in [0.3, 0.4) is 0 Å². The van der Waals surface area contributed by atoms with Crippen molar-refractivity contribution >= 4 is 33.4 Å². The molecule has 2 atom stereocenters. The van der Waals surface area contributed by atoms with E-state index in [0.717, 1.165) is 16.3 Å². The van der Waals surface area contributed by atoms with E-state index in [0.29, 0.717) is 5.15 Å². The van der Waals surface area contributed by atoms with E-state index in [1.807, 2.05) is 45.9 Å². The summed E-state index contributed by atoms with van der Waals surface area (Å²) in [5.74, 6) is 0. The Kier molecular flexibility index (Phi) is 4.47. The van der Waals surface area contributed by atoms with E-state index in [9.17, 15) is 4.21 Å². The Morgan fingerprint density at radius 2 is 1.95 bits per heavy atom. The maximum Gasteiger partial charge on any atom is 0.129 e. The van der Waals surface area contributed by atoms with Crippen LogP contribution in [0.5, 0.6) is 0 Å². The lowest BCUT2D eigenvalue weighted by Gasteiger charge is -2.22. The van der Waals surface area contributed by atoms with Gasteiger partial charge in [-0.05, 0) is 50.8 Å². The lowest BCUT2D eigenvalue weighted by molar-refractivity contribution is 0.616. The molecule has 1 aromatic carbocycles. The topological polar surface area (TPSA) is 42.0 Å². The molecule has 0 aliphatic heterocycles. The van der Waals surface area contributed by atoms with Crippen LogP contribution in [0.2, 0.25) is 5.15 Å². The van der Waals surface area contributed by atoms with Crippen LogP contribution in [-0.4, -0.2) is 13.9 Å². The predicted molar refractivity (Wildman–Crippen MR) is 86.2 cm³/mol. The summed E-state index contributed by atoms with van der Waals surface area (Å²) in [6, 6.07) is 7.93. The van der Waals surface area contributed by atoms with Gasteiger partial charge >= 0.3 is 0 Å². The van der Waals surface area contributed by atoms with Crippen LogP contribution in [0.15, 0.2) is 30.5 Å². The second-order valence-corrected chi connectivity index (χ2v) is 8.22. The second kappa shape index (κ2) is 5.80. The van der Waals surface area contributed by atoms with Crippen LogP contribution in [0.25, 0.3) is 10.8 Å². The average molecular weight is 311 g/mol. The molecule has 1 aromatic heterocycles. The number of pyridine rings is 1. The highest BCUT2D eigenvalue weighted by molar-refractivity contribution is 7.84. The van der Waals surface area contributed by atoms with Crippen molar-refractivity contribution in [3.63, 3.8) is 0 Å². The highest BCUT2D eigenvalue weighted by atomic mass is 35.5. The second-order valence-electron chi connectivity index (χ2n) is 5.83. The summed E-state index contributed by atoms with van der Waals surface area (Å²) in [5, 5.41) is 2.56. The summed E-state index contributed by atoms with van der Waals surface area (Å²) < 4.78 is 15.0. The van der Waals surface area contributed by atoms with E-state index in [1.165, 1.54) is 0 Å². The molecular formula is C15H19ClN2OS. The van der Waals surface area contributed by atoms with Gasteiger partial charge in [0.1, 0.15) is 5.15 Å². The molecule has 0 fully saturated rings. The van der Waals surface area contributed by atoms with Crippen LogP contribution in [0.4, 0.5) is 0 Å². The lowest BCUT2D eigenvalue weighted by Crippen LogP contribution is -2.34. The third kappa shape index (κ3) is 3.57. The van der Waals surface area contributed by atoms with Crippen molar-refractivity contribution < 1.29 is 4.21 Å². The van der Waals surface area contributed by atoms with Crippen molar-refractivity contribution in [3.05, 3.63) is 41.2 Å². The first-order valence-corrected chi connectivity index (χ1v) is 8.03. The zero-order chi connectivity index (χ0) is 14.9. The van der Waals surface area contributed by atoms with E-state index in [-0.39, 0.29) is 10.8 Å². The Hall–Kier alpha value is -0.970. The predicted octanol–water partition coefficient (Wildman–Crippen LogP) is 4.00. The summed E-state index contributed by atoms with van der Waals surface area (Å²) in [6.45, 7) is 7.87. The Labute approximate surface area is 127 Å². The van der Waals surface area contributed by atoms with Gasteiger partial charge in [0.2, 0.25) is 0 Å². The zero-order valence-corrected chi connectivity index (χ0v) is 13.7. The van der Waals surface area contributed by atoms with E-state index in [2.05, 4.69) is 15.8 Å². The van der Waals surface area contributed by atoms with Crippen LogP contribution in [0.1, 0.15) is 39.3 Å². The molecule has 0 spiro atoms. The van der Waals surface area contributed by atoms with E-state index < -0.39 is 11.0 Å². The number of fused-ring (bicyclic) bond motifs is 1. The summed E-state index contributed by atoms with van der Waals surface area (Å²) >= 11 is 5.92. The molecule has 0 radical (unpaired) electrons. The largest absolute Gasteiger partial charge is 0.244 e. The first kappa shape index (κ1) is 15.4. The van der Waals surface area contributed by atoms with Crippen LogP contribution >= 0.6 is 11.6 Å². The van der Waals surface area contributed by atoms with E-state index in [4.69, 9.17) is 11.6 Å². The highest BCUT2D eigenvalue weighted by Gasteiger charge is 2.21. The SMILES string of the molecule is C[C@@H](N[S@@](=O)C(C)(C)C)c1ccc2cnc(Cl)cc2c1. The number of nitrogens with one attached hydrogen (secondary N) is 1. The van der Waals surface area contributed by atoms with Gasteiger partial charge in [-0.3, -0.25) is 0 Å². The van der Waals surface area contributed by atoms with Crippen molar-refractivity contribution in [1.29, 1.82) is 0 Å². The summed E-state index contributed by atoms with van der Waals surface area (Å²) in [6.07, 6.45) is 1.76. The first-order chi connectivity index (χ1) is 9.27. The molecule has 20 heavy (non-hydrogen) atoms. The maximum absolute atomic E-state index is 12.1. The normalized spacial score (nSPS) is 15.2. The molecule has 0 aliphatic carbocycles. The van der Waals surface area contributed by atoms with Gasteiger partial charge < -0.3 is 0 Å². The smallest absolute Gasteiger partial charge is 0.129 e. The van der Waals surface area contributed by atoms with Crippen molar-refractivity contribution in [2.24, 2.45) is 0 Å². The fourth-order valence-corrected chi connectivity index (χ4v) is 2.78. The van der Waals surface area contributed by atoms with E-state index >= 15 is 0 Å². The van der Waals surface area contributed by atoms with Gasteiger partial charge in [0.25, 0.3) is 0 Å². The number of rotatable bonds is 3. The maximum atomic E-state index is 12.1. The number of halogens is 1. The molecule has 0 amide bonds. The Bertz CT molecular complexity index is 652. The van der Waals surface area contributed by atoms with Gasteiger partial charge in [0, 0.05) is 17.6 Å². The van der Waals surface area contributed by atoms with Gasteiger partial charge in [-0.15, -0.1) is 0 Å². The minimum absolute atomic E-state index is 0.00593. The van der Waals surface area contributed by atoms with Gasteiger partial charge in [-0.1, -0.05) is 23.7 Å². The number of aromatic nitrogens is 1. The minimum atomic E-state index is -1.09. The highest BCUT2D eigenvalue weighted by Crippen LogP contribution is 2.23. The van der Waals surface area contributed by atoms with Crippen molar-refractivity contribution in [2.75, 3.05) is 0 Å². The Morgan fingerprint density at radius 1 is 1.25 bits per heavy atom. The van der Waals surface area contributed by atoms with Crippen molar-refractivity contribution in [2.45, 2.75) is 38.5 Å². The Morgan fingerprint density at radius 3 is 2.60 bits per heavy atom. The molecule has 1 heterocycles. The molecule has 0 saturated carbocycles. The molecule has 0 saturated heterocycles. The average Bonchev–Trinajstić information content (AvgIpc) is 2.36. The number of hydrogen-bond acceptors (Lipinski definition) is 2. The summed E-state index contributed by atoms with van der Waals surface area (Å²) in [7, 11) is -1.09. The molecule has 0 aliphatic rings. The van der Waals surface area contributed by atoms with Gasteiger partial charge in [0.15, 0.2) is 0 Å². The summed E-state index contributed by atoms with van der Waals surface area (Å²) in [4.78, 5) is 4.06. The standard InChI is InChI=1S/C15H19ClN2OS/c1-10(18-20(19)15(2,3)4)11-5-6-12-9-17-14(16)8-13(12)7-11/h5-10,18H,1-4H3/t10-,20+/m1/s1. The number of hydrogen-bond donors (Lipinski definition) is 1. The molecule has 1 N–H and O–H groups in total. The quantitative estimate of drug-likeness (QED) is 0.871. The monoisotopic (exact) mass is 310 g/mol. The molecule has 3 nitrogen and oxygen atoms in total. The fourth-order valence-electron chi connectivity index (χ4n) is 1.81. The van der Waals surface area contributed by atoms with Crippen LogP contribution in [-0.2, 0) is 11.0 Å². The molecule has 2 rings (SSSR count). The molecular weight excluding hydrogens is 292 g/mol. The van der Waals surface area contributed by atoms with Gasteiger partial charge in [-0.2, -0.15) is 0 Å². The van der Waals surface area contributed by atoms with Gasteiger partial charge in [0.05, 0.1) is 15.7 Å². The third-order valence-electron chi connectivity index (χ3n) is 3.05. The number of benzene rings is 1. The fraction of sp³-hybridized carbons (Fsp3) is 0.400. The molecule has 5 heteroatoms. The van der Waals surface area contributed by atoms with Gasteiger partial charge in [-0.25, -0.2) is 13.9 Å². The number of nitrogens with zero attached hydrogens (tertiary/aromatic N) is 1. The van der Waals surface area contributed by atoms with E-state index in [1.54, 1.807) is 6.20 Å². The Balaban J connectivity index is 2.26.